The van der Waals surface area contributed by atoms with E-state index >= 15 is 0 Å². The molecule has 0 heterocycles. The van der Waals surface area contributed by atoms with Crippen LogP contribution in [0.15, 0.2) is 42.5 Å². The zero-order chi connectivity index (χ0) is 18.4. The van der Waals surface area contributed by atoms with Gasteiger partial charge in [0.15, 0.2) is 18.2 Å². The van der Waals surface area contributed by atoms with Gasteiger partial charge < -0.3 is 15.4 Å². The van der Waals surface area contributed by atoms with Gasteiger partial charge in [-0.25, -0.2) is 13.6 Å². The quantitative estimate of drug-likeness (QED) is 0.811. The predicted molar refractivity (Wildman–Crippen MR) is 85.1 cm³/mol. The number of ether oxygens (including phenoxy) is 1. The first-order chi connectivity index (χ1) is 11.9. The summed E-state index contributed by atoms with van der Waals surface area (Å²) in [5.41, 5.74) is 0.474. The van der Waals surface area contributed by atoms with Crippen molar-refractivity contribution in [2.75, 3.05) is 19.0 Å². The lowest BCUT2D eigenvalue weighted by Crippen LogP contribution is -2.22. The van der Waals surface area contributed by atoms with Gasteiger partial charge in [-0.1, -0.05) is 6.07 Å². The van der Waals surface area contributed by atoms with Gasteiger partial charge in [0.1, 0.15) is 0 Å². The number of anilines is 1. The van der Waals surface area contributed by atoms with Crippen LogP contribution in [-0.4, -0.2) is 31.4 Å². The minimum absolute atomic E-state index is 0.215. The maximum Gasteiger partial charge on any atom is 0.338 e. The van der Waals surface area contributed by atoms with Crippen molar-refractivity contribution in [2.45, 2.75) is 0 Å². The molecule has 0 saturated heterocycles. The lowest BCUT2D eigenvalue weighted by atomic mass is 10.2. The Morgan fingerprint density at radius 2 is 1.76 bits per heavy atom. The van der Waals surface area contributed by atoms with Gasteiger partial charge in [-0.05, 0) is 36.4 Å². The van der Waals surface area contributed by atoms with Gasteiger partial charge in [0.05, 0.1) is 5.56 Å². The number of hydrogen-bond acceptors (Lipinski definition) is 4. The van der Waals surface area contributed by atoms with Crippen molar-refractivity contribution in [2.24, 2.45) is 0 Å². The van der Waals surface area contributed by atoms with E-state index < -0.39 is 30.1 Å². The summed E-state index contributed by atoms with van der Waals surface area (Å²) in [7, 11) is 1.48. The standard InChI is InChI=1S/C17H14F2N2O4/c1-20-16(23)10-3-2-4-12(7-10)21-15(22)9-25-17(24)11-5-6-13(18)14(19)8-11/h2-8H,9H2,1H3,(H,20,23)(H,21,22). The molecule has 0 aliphatic rings. The van der Waals surface area contributed by atoms with Crippen LogP contribution >= 0.6 is 0 Å². The second kappa shape index (κ2) is 8.00. The van der Waals surface area contributed by atoms with E-state index in [4.69, 9.17) is 4.74 Å². The Labute approximate surface area is 141 Å². The number of hydrogen-bond donors (Lipinski definition) is 2. The van der Waals surface area contributed by atoms with Crippen LogP contribution in [0.25, 0.3) is 0 Å². The summed E-state index contributed by atoms with van der Waals surface area (Å²) in [6.07, 6.45) is 0. The molecule has 0 unspecified atom stereocenters. The van der Waals surface area contributed by atoms with Gasteiger partial charge in [-0.2, -0.15) is 0 Å². The molecule has 8 heteroatoms. The SMILES string of the molecule is CNC(=O)c1cccc(NC(=O)COC(=O)c2ccc(F)c(F)c2)c1. The van der Waals surface area contributed by atoms with Crippen LogP contribution in [0.4, 0.5) is 14.5 Å². The molecule has 0 spiro atoms. The molecule has 2 aromatic carbocycles. The van der Waals surface area contributed by atoms with Crippen molar-refractivity contribution in [1.82, 2.24) is 5.32 Å². The third-order valence-electron chi connectivity index (χ3n) is 3.13. The molecular formula is C17H14F2N2O4. The fraction of sp³-hybridized carbons (Fsp3) is 0.118. The van der Waals surface area contributed by atoms with E-state index in [1.807, 2.05) is 0 Å². The molecule has 0 atom stereocenters. The molecular weight excluding hydrogens is 334 g/mol. The van der Waals surface area contributed by atoms with Gasteiger partial charge in [0, 0.05) is 18.3 Å². The van der Waals surface area contributed by atoms with Gasteiger partial charge >= 0.3 is 5.97 Å². The van der Waals surface area contributed by atoms with Crippen molar-refractivity contribution in [3.63, 3.8) is 0 Å². The average Bonchev–Trinajstić information content (AvgIpc) is 2.61. The van der Waals surface area contributed by atoms with Crippen LogP contribution in [0.2, 0.25) is 0 Å². The van der Waals surface area contributed by atoms with Crippen LogP contribution in [-0.2, 0) is 9.53 Å². The molecule has 0 aromatic heterocycles. The Kier molecular flexibility index (Phi) is 5.78. The molecule has 2 N–H and O–H groups in total. The first kappa shape index (κ1) is 18.1. The fourth-order valence-corrected chi connectivity index (χ4v) is 1.92. The normalized spacial score (nSPS) is 10.0. The minimum atomic E-state index is -1.19. The molecule has 2 aromatic rings. The summed E-state index contributed by atoms with van der Waals surface area (Å²) in [5, 5.41) is 4.91. The van der Waals surface area contributed by atoms with E-state index in [9.17, 15) is 23.2 Å². The smallest absolute Gasteiger partial charge is 0.338 e. The minimum Gasteiger partial charge on any atom is -0.452 e. The molecule has 0 radical (unpaired) electrons. The largest absolute Gasteiger partial charge is 0.452 e. The third kappa shape index (κ3) is 4.84. The molecule has 25 heavy (non-hydrogen) atoms. The average molecular weight is 348 g/mol. The number of rotatable bonds is 5. The van der Waals surface area contributed by atoms with E-state index in [0.29, 0.717) is 17.3 Å². The van der Waals surface area contributed by atoms with Crippen LogP contribution in [0.1, 0.15) is 20.7 Å². The maximum atomic E-state index is 13.1. The van der Waals surface area contributed by atoms with Crippen molar-refractivity contribution in [1.29, 1.82) is 0 Å². The Bertz CT molecular complexity index is 824. The number of amides is 2. The first-order valence-electron chi connectivity index (χ1n) is 7.15. The second-order valence-electron chi connectivity index (χ2n) is 4.91. The highest BCUT2D eigenvalue weighted by Gasteiger charge is 2.13. The van der Waals surface area contributed by atoms with E-state index in [0.717, 1.165) is 12.1 Å². The number of benzene rings is 2. The Hall–Kier alpha value is -3.29. The number of esters is 1. The highest BCUT2D eigenvalue weighted by atomic mass is 19.2. The second-order valence-corrected chi connectivity index (χ2v) is 4.91. The van der Waals surface area contributed by atoms with E-state index in [1.54, 1.807) is 18.2 Å². The van der Waals surface area contributed by atoms with Crippen molar-refractivity contribution >= 4 is 23.5 Å². The van der Waals surface area contributed by atoms with Crippen molar-refractivity contribution in [3.8, 4) is 0 Å². The summed E-state index contributed by atoms with van der Waals surface area (Å²) >= 11 is 0. The van der Waals surface area contributed by atoms with Crippen LogP contribution in [0.3, 0.4) is 0 Å². The van der Waals surface area contributed by atoms with Crippen molar-refractivity contribution in [3.05, 3.63) is 65.2 Å². The van der Waals surface area contributed by atoms with E-state index in [-0.39, 0.29) is 11.5 Å². The molecule has 2 amide bonds. The summed E-state index contributed by atoms with van der Waals surface area (Å²) < 4.78 is 30.6. The Morgan fingerprint density at radius 3 is 2.44 bits per heavy atom. The fourth-order valence-electron chi connectivity index (χ4n) is 1.92. The maximum absolute atomic E-state index is 13.1. The molecule has 0 bridgehead atoms. The van der Waals surface area contributed by atoms with Gasteiger partial charge in [0.2, 0.25) is 0 Å². The molecule has 0 aliphatic heterocycles. The first-order valence-corrected chi connectivity index (χ1v) is 7.15. The number of carbonyl (C=O) groups is 3. The highest BCUT2D eigenvalue weighted by Crippen LogP contribution is 2.12. The number of carbonyl (C=O) groups excluding carboxylic acids is 3. The lowest BCUT2D eigenvalue weighted by Gasteiger charge is -2.08. The Morgan fingerprint density at radius 1 is 1.00 bits per heavy atom. The monoisotopic (exact) mass is 348 g/mol. The Balaban J connectivity index is 1.93. The third-order valence-corrected chi connectivity index (χ3v) is 3.13. The predicted octanol–water partition coefficient (Wildman–Crippen LogP) is 2.12. The molecule has 2 rings (SSSR count). The van der Waals surface area contributed by atoms with Crippen LogP contribution in [0, 0.1) is 11.6 Å². The molecule has 0 fully saturated rings. The van der Waals surface area contributed by atoms with E-state index in [1.165, 1.54) is 13.1 Å². The lowest BCUT2D eigenvalue weighted by molar-refractivity contribution is -0.119. The molecule has 6 nitrogen and oxygen atoms in total. The van der Waals surface area contributed by atoms with Gasteiger partial charge in [-0.15, -0.1) is 0 Å². The van der Waals surface area contributed by atoms with Crippen LogP contribution < -0.4 is 10.6 Å². The van der Waals surface area contributed by atoms with Crippen LogP contribution in [0.5, 0.6) is 0 Å². The number of nitrogens with one attached hydrogen (secondary N) is 2. The summed E-state index contributed by atoms with van der Waals surface area (Å²) in [6, 6.07) is 8.67. The highest BCUT2D eigenvalue weighted by molar-refractivity contribution is 5.98. The topological polar surface area (TPSA) is 84.5 Å². The zero-order valence-electron chi connectivity index (χ0n) is 13.1. The summed E-state index contributed by atoms with van der Waals surface area (Å²) in [5.74, 6) is -4.21. The van der Waals surface area contributed by atoms with Crippen molar-refractivity contribution < 1.29 is 27.9 Å². The van der Waals surface area contributed by atoms with Gasteiger partial charge in [-0.3, -0.25) is 9.59 Å². The van der Waals surface area contributed by atoms with Gasteiger partial charge in [0.25, 0.3) is 11.8 Å². The summed E-state index contributed by atoms with van der Waals surface area (Å²) in [6.45, 7) is -0.623. The van der Waals surface area contributed by atoms with E-state index in [2.05, 4.69) is 10.6 Å². The number of halogens is 2. The zero-order valence-corrected chi connectivity index (χ0v) is 13.1. The summed E-state index contributed by atoms with van der Waals surface area (Å²) in [4.78, 5) is 35.0. The molecule has 0 aliphatic carbocycles. The molecule has 130 valence electrons. The molecule has 0 saturated carbocycles.